The van der Waals surface area contributed by atoms with Gasteiger partial charge in [0, 0.05) is 31.6 Å². The Labute approximate surface area is 93.2 Å². The van der Waals surface area contributed by atoms with E-state index in [1.807, 2.05) is 4.90 Å². The fourth-order valence-corrected chi connectivity index (χ4v) is 1.92. The zero-order valence-electron chi connectivity index (χ0n) is 10.5. The highest BCUT2D eigenvalue weighted by molar-refractivity contribution is 5.76. The van der Waals surface area contributed by atoms with Gasteiger partial charge in [-0.05, 0) is 26.2 Å². The Balaban J connectivity index is 2.39. The predicted molar refractivity (Wildman–Crippen MR) is 62.7 cm³/mol. The standard InChI is InChI=1S/C12H24N2O/c1-10(2)5-6-11(15)14-8-7-13-12(3,4)9-14/h10,13H,5-9H2,1-4H3. The highest BCUT2D eigenvalue weighted by Crippen LogP contribution is 2.13. The summed E-state index contributed by atoms with van der Waals surface area (Å²) in [5, 5.41) is 3.41. The first-order valence-corrected chi connectivity index (χ1v) is 5.93. The Morgan fingerprint density at radius 3 is 2.67 bits per heavy atom. The minimum atomic E-state index is 0.0751. The van der Waals surface area contributed by atoms with Crippen molar-refractivity contribution >= 4 is 5.91 Å². The second kappa shape index (κ2) is 4.97. The van der Waals surface area contributed by atoms with Gasteiger partial charge in [-0.3, -0.25) is 4.79 Å². The molecule has 1 aliphatic rings. The molecule has 0 saturated carbocycles. The maximum atomic E-state index is 11.9. The molecule has 88 valence electrons. The summed E-state index contributed by atoms with van der Waals surface area (Å²) in [6.45, 7) is 11.2. The van der Waals surface area contributed by atoms with Crippen molar-refractivity contribution in [3.8, 4) is 0 Å². The monoisotopic (exact) mass is 212 g/mol. The summed E-state index contributed by atoms with van der Waals surface area (Å²) < 4.78 is 0. The first-order chi connectivity index (χ1) is 6.91. The van der Waals surface area contributed by atoms with Crippen LogP contribution in [0.2, 0.25) is 0 Å². The summed E-state index contributed by atoms with van der Waals surface area (Å²) in [7, 11) is 0. The molecule has 1 saturated heterocycles. The number of amides is 1. The molecule has 0 atom stereocenters. The molecule has 0 aromatic rings. The van der Waals surface area contributed by atoms with Gasteiger partial charge in [0.25, 0.3) is 0 Å². The minimum absolute atomic E-state index is 0.0751. The molecule has 3 heteroatoms. The average molecular weight is 212 g/mol. The van der Waals surface area contributed by atoms with Gasteiger partial charge in [-0.1, -0.05) is 13.8 Å². The van der Waals surface area contributed by atoms with Gasteiger partial charge in [0.15, 0.2) is 0 Å². The van der Waals surface area contributed by atoms with Crippen LogP contribution < -0.4 is 5.32 Å². The molecule has 0 unspecified atom stereocenters. The molecule has 0 aromatic heterocycles. The third kappa shape index (κ3) is 4.20. The number of nitrogens with zero attached hydrogens (tertiary/aromatic N) is 1. The molecular formula is C12H24N2O. The largest absolute Gasteiger partial charge is 0.340 e. The Kier molecular flexibility index (Phi) is 4.14. The Hall–Kier alpha value is -0.570. The van der Waals surface area contributed by atoms with Crippen molar-refractivity contribution in [2.75, 3.05) is 19.6 Å². The number of rotatable bonds is 3. The fraction of sp³-hybridized carbons (Fsp3) is 0.917. The topological polar surface area (TPSA) is 32.3 Å². The number of hydrogen-bond donors (Lipinski definition) is 1. The SMILES string of the molecule is CC(C)CCC(=O)N1CCNC(C)(C)C1. The number of carbonyl (C=O) groups excluding carboxylic acids is 1. The summed E-state index contributed by atoms with van der Waals surface area (Å²) in [6, 6.07) is 0. The van der Waals surface area contributed by atoms with E-state index in [4.69, 9.17) is 0 Å². The quantitative estimate of drug-likeness (QED) is 0.771. The molecule has 1 rings (SSSR count). The average Bonchev–Trinajstić information content (AvgIpc) is 2.12. The second-order valence-corrected chi connectivity index (χ2v) is 5.56. The lowest BCUT2D eigenvalue weighted by Crippen LogP contribution is -2.58. The van der Waals surface area contributed by atoms with Gasteiger partial charge in [-0.25, -0.2) is 0 Å². The Morgan fingerprint density at radius 1 is 1.47 bits per heavy atom. The van der Waals surface area contributed by atoms with Gasteiger partial charge in [0.1, 0.15) is 0 Å². The van der Waals surface area contributed by atoms with Crippen LogP contribution in [0.5, 0.6) is 0 Å². The van der Waals surface area contributed by atoms with E-state index in [0.29, 0.717) is 18.2 Å². The lowest BCUT2D eigenvalue weighted by atomic mass is 10.0. The second-order valence-electron chi connectivity index (χ2n) is 5.56. The number of hydrogen-bond acceptors (Lipinski definition) is 2. The molecule has 1 aliphatic heterocycles. The number of piperazine rings is 1. The zero-order valence-corrected chi connectivity index (χ0v) is 10.5. The van der Waals surface area contributed by atoms with Gasteiger partial charge in [0.2, 0.25) is 5.91 Å². The van der Waals surface area contributed by atoms with Crippen LogP contribution in [-0.2, 0) is 4.79 Å². The lowest BCUT2D eigenvalue weighted by molar-refractivity contribution is -0.133. The summed E-state index contributed by atoms with van der Waals surface area (Å²) in [5.41, 5.74) is 0.0751. The van der Waals surface area contributed by atoms with Crippen LogP contribution in [0.1, 0.15) is 40.5 Å². The van der Waals surface area contributed by atoms with Crippen LogP contribution in [0.3, 0.4) is 0 Å². The van der Waals surface area contributed by atoms with E-state index in [-0.39, 0.29) is 5.54 Å². The third-order valence-electron chi connectivity index (χ3n) is 2.86. The van der Waals surface area contributed by atoms with Crippen molar-refractivity contribution in [1.82, 2.24) is 10.2 Å². The van der Waals surface area contributed by atoms with E-state index in [0.717, 1.165) is 26.1 Å². The van der Waals surface area contributed by atoms with Crippen LogP contribution in [0, 0.1) is 5.92 Å². The Morgan fingerprint density at radius 2 is 2.13 bits per heavy atom. The molecule has 1 heterocycles. The lowest BCUT2D eigenvalue weighted by Gasteiger charge is -2.39. The molecule has 1 N–H and O–H groups in total. The van der Waals surface area contributed by atoms with E-state index in [2.05, 4.69) is 33.0 Å². The molecule has 15 heavy (non-hydrogen) atoms. The normalized spacial score (nSPS) is 20.7. The molecule has 0 aromatic carbocycles. The van der Waals surface area contributed by atoms with Gasteiger partial charge in [-0.2, -0.15) is 0 Å². The predicted octanol–water partition coefficient (Wildman–Crippen LogP) is 1.63. The summed E-state index contributed by atoms with van der Waals surface area (Å²) in [5.74, 6) is 0.933. The van der Waals surface area contributed by atoms with Crippen LogP contribution in [-0.4, -0.2) is 36.0 Å². The van der Waals surface area contributed by atoms with E-state index in [1.54, 1.807) is 0 Å². The molecule has 0 spiro atoms. The molecule has 3 nitrogen and oxygen atoms in total. The minimum Gasteiger partial charge on any atom is -0.340 e. The zero-order chi connectivity index (χ0) is 11.5. The van der Waals surface area contributed by atoms with Crippen molar-refractivity contribution in [3.05, 3.63) is 0 Å². The fourth-order valence-electron chi connectivity index (χ4n) is 1.92. The molecule has 1 fully saturated rings. The number of nitrogens with one attached hydrogen (secondary N) is 1. The molecular weight excluding hydrogens is 188 g/mol. The highest BCUT2D eigenvalue weighted by atomic mass is 16.2. The van der Waals surface area contributed by atoms with Gasteiger partial charge in [0.05, 0.1) is 0 Å². The van der Waals surface area contributed by atoms with Crippen molar-refractivity contribution < 1.29 is 4.79 Å². The van der Waals surface area contributed by atoms with Crippen LogP contribution >= 0.6 is 0 Å². The van der Waals surface area contributed by atoms with Gasteiger partial charge >= 0.3 is 0 Å². The maximum Gasteiger partial charge on any atom is 0.222 e. The first-order valence-electron chi connectivity index (χ1n) is 5.93. The van der Waals surface area contributed by atoms with Crippen molar-refractivity contribution in [1.29, 1.82) is 0 Å². The van der Waals surface area contributed by atoms with Crippen LogP contribution in [0.25, 0.3) is 0 Å². The maximum absolute atomic E-state index is 11.9. The number of carbonyl (C=O) groups is 1. The van der Waals surface area contributed by atoms with E-state index >= 15 is 0 Å². The summed E-state index contributed by atoms with van der Waals surface area (Å²) in [4.78, 5) is 13.9. The summed E-state index contributed by atoms with van der Waals surface area (Å²) >= 11 is 0. The van der Waals surface area contributed by atoms with Gasteiger partial charge in [-0.15, -0.1) is 0 Å². The van der Waals surface area contributed by atoms with E-state index in [9.17, 15) is 4.79 Å². The van der Waals surface area contributed by atoms with Gasteiger partial charge < -0.3 is 10.2 Å². The molecule has 0 radical (unpaired) electrons. The Bertz CT molecular complexity index is 224. The van der Waals surface area contributed by atoms with Crippen LogP contribution in [0.15, 0.2) is 0 Å². The van der Waals surface area contributed by atoms with Crippen molar-refractivity contribution in [3.63, 3.8) is 0 Å². The van der Waals surface area contributed by atoms with E-state index < -0.39 is 0 Å². The third-order valence-corrected chi connectivity index (χ3v) is 2.86. The smallest absolute Gasteiger partial charge is 0.222 e. The van der Waals surface area contributed by atoms with Crippen molar-refractivity contribution in [2.45, 2.75) is 46.1 Å². The first kappa shape index (κ1) is 12.5. The summed E-state index contributed by atoms with van der Waals surface area (Å²) in [6.07, 6.45) is 1.71. The van der Waals surface area contributed by atoms with Crippen LogP contribution in [0.4, 0.5) is 0 Å². The highest BCUT2D eigenvalue weighted by Gasteiger charge is 2.28. The van der Waals surface area contributed by atoms with E-state index in [1.165, 1.54) is 0 Å². The molecule has 0 bridgehead atoms. The van der Waals surface area contributed by atoms with Crippen molar-refractivity contribution in [2.24, 2.45) is 5.92 Å². The molecule has 1 amide bonds. The molecule has 0 aliphatic carbocycles.